The molecule has 1 aliphatic rings. The lowest BCUT2D eigenvalue weighted by Gasteiger charge is -2.16. The van der Waals surface area contributed by atoms with Crippen molar-refractivity contribution in [1.29, 1.82) is 0 Å². The molecule has 3 aromatic rings. The van der Waals surface area contributed by atoms with Crippen LogP contribution in [-0.2, 0) is 9.53 Å². The lowest BCUT2D eigenvalue weighted by Crippen LogP contribution is -2.20. The van der Waals surface area contributed by atoms with Gasteiger partial charge in [-0.1, -0.05) is 42.5 Å². The molecule has 1 heterocycles. The lowest BCUT2D eigenvalue weighted by molar-refractivity contribution is -0.145. The first-order chi connectivity index (χ1) is 16.0. The van der Waals surface area contributed by atoms with E-state index in [1.54, 1.807) is 25.1 Å². The number of aromatic nitrogens is 1. The minimum Gasteiger partial charge on any atom is -0.466 e. The molecule has 6 heteroatoms. The average Bonchev–Trinajstić information content (AvgIpc) is 3.63. The maximum atomic E-state index is 13.6. The van der Waals surface area contributed by atoms with Crippen LogP contribution in [0, 0.1) is 5.82 Å². The van der Waals surface area contributed by atoms with Crippen LogP contribution < -0.4 is 0 Å². The van der Waals surface area contributed by atoms with Gasteiger partial charge in [0.1, 0.15) is 5.82 Å². The zero-order valence-corrected chi connectivity index (χ0v) is 18.6. The normalized spacial score (nSPS) is 15.6. The van der Waals surface area contributed by atoms with Crippen LogP contribution in [0.2, 0.25) is 0 Å². The first kappa shape index (κ1) is 23.1. The molecular formula is C27H28FNO4. The SMILES string of the molecule is CCOC(=O)C[C@H](O)C[C@H](O)C=Cc1c(C2CC2)nc2ccccc2c1-c1ccc(F)cc1. The van der Waals surface area contributed by atoms with Gasteiger partial charge in [0.15, 0.2) is 0 Å². The van der Waals surface area contributed by atoms with Crippen molar-refractivity contribution < 1.29 is 24.1 Å². The van der Waals surface area contributed by atoms with Crippen LogP contribution in [0.3, 0.4) is 0 Å². The van der Waals surface area contributed by atoms with Crippen molar-refractivity contribution in [2.45, 2.75) is 50.7 Å². The second-order valence-electron chi connectivity index (χ2n) is 8.41. The van der Waals surface area contributed by atoms with Gasteiger partial charge in [0.05, 0.1) is 36.4 Å². The van der Waals surface area contributed by atoms with E-state index < -0.39 is 18.2 Å². The van der Waals surface area contributed by atoms with Crippen LogP contribution in [0.5, 0.6) is 0 Å². The molecule has 4 rings (SSSR count). The van der Waals surface area contributed by atoms with E-state index >= 15 is 0 Å². The number of para-hydroxylation sites is 1. The molecule has 0 saturated heterocycles. The van der Waals surface area contributed by atoms with Crippen molar-refractivity contribution in [3.05, 3.63) is 71.7 Å². The van der Waals surface area contributed by atoms with Crippen molar-refractivity contribution in [3.63, 3.8) is 0 Å². The van der Waals surface area contributed by atoms with Gasteiger partial charge in [-0.05, 0) is 43.5 Å². The third-order valence-electron chi connectivity index (χ3n) is 5.76. The first-order valence-electron chi connectivity index (χ1n) is 11.3. The van der Waals surface area contributed by atoms with E-state index in [0.29, 0.717) is 5.92 Å². The molecule has 1 aromatic heterocycles. The Morgan fingerprint density at radius 2 is 1.91 bits per heavy atom. The van der Waals surface area contributed by atoms with Gasteiger partial charge in [0.25, 0.3) is 0 Å². The second-order valence-corrected chi connectivity index (χ2v) is 8.41. The van der Waals surface area contributed by atoms with Gasteiger partial charge in [-0.3, -0.25) is 9.78 Å². The third-order valence-corrected chi connectivity index (χ3v) is 5.76. The molecule has 2 N–H and O–H groups in total. The van der Waals surface area contributed by atoms with E-state index in [-0.39, 0.29) is 25.3 Å². The third kappa shape index (κ3) is 5.64. The van der Waals surface area contributed by atoms with Gasteiger partial charge in [-0.2, -0.15) is 0 Å². The summed E-state index contributed by atoms with van der Waals surface area (Å²) < 4.78 is 18.5. The number of pyridine rings is 1. The predicted molar refractivity (Wildman–Crippen MR) is 126 cm³/mol. The number of hydrogen-bond donors (Lipinski definition) is 2. The molecule has 0 amide bonds. The number of carbonyl (C=O) groups excluding carboxylic acids is 1. The van der Waals surface area contributed by atoms with Crippen LogP contribution in [0.15, 0.2) is 54.6 Å². The molecule has 33 heavy (non-hydrogen) atoms. The number of esters is 1. The molecule has 0 bridgehead atoms. The van der Waals surface area contributed by atoms with Gasteiger partial charge >= 0.3 is 5.97 Å². The molecule has 5 nitrogen and oxygen atoms in total. The molecule has 172 valence electrons. The van der Waals surface area contributed by atoms with Crippen molar-refractivity contribution in [2.75, 3.05) is 6.61 Å². The molecule has 2 aromatic carbocycles. The van der Waals surface area contributed by atoms with Gasteiger partial charge in [-0.25, -0.2) is 4.39 Å². The molecule has 0 radical (unpaired) electrons. The number of fused-ring (bicyclic) bond motifs is 1. The number of halogens is 1. The maximum Gasteiger partial charge on any atom is 0.308 e. The smallest absolute Gasteiger partial charge is 0.308 e. The summed E-state index contributed by atoms with van der Waals surface area (Å²) in [5.74, 6) is -0.447. The fourth-order valence-corrected chi connectivity index (χ4v) is 4.07. The van der Waals surface area contributed by atoms with E-state index in [1.807, 2.05) is 30.3 Å². The summed E-state index contributed by atoms with van der Waals surface area (Å²) in [6, 6.07) is 14.3. The minimum atomic E-state index is -1.00. The summed E-state index contributed by atoms with van der Waals surface area (Å²) in [5, 5.41) is 21.6. The van der Waals surface area contributed by atoms with Crippen molar-refractivity contribution >= 4 is 22.9 Å². The predicted octanol–water partition coefficient (Wildman–Crippen LogP) is 5.00. The van der Waals surface area contributed by atoms with Crippen LogP contribution in [-0.4, -0.2) is 40.0 Å². The Morgan fingerprint density at radius 1 is 1.18 bits per heavy atom. The summed E-state index contributed by atoms with van der Waals surface area (Å²) in [6.07, 6.45) is 3.47. The van der Waals surface area contributed by atoms with Crippen molar-refractivity contribution in [2.24, 2.45) is 0 Å². The second kappa shape index (κ2) is 10.2. The largest absolute Gasteiger partial charge is 0.466 e. The van der Waals surface area contributed by atoms with Crippen molar-refractivity contribution in [3.8, 4) is 11.1 Å². The molecule has 1 fully saturated rings. The number of hydrogen-bond acceptors (Lipinski definition) is 5. The van der Waals surface area contributed by atoms with Crippen LogP contribution in [0.4, 0.5) is 4.39 Å². The Balaban J connectivity index is 1.70. The van der Waals surface area contributed by atoms with Gasteiger partial charge in [0.2, 0.25) is 0 Å². The molecular weight excluding hydrogens is 421 g/mol. The molecule has 1 saturated carbocycles. The number of aliphatic hydroxyl groups is 2. The topological polar surface area (TPSA) is 79.7 Å². The Kier molecular flexibility index (Phi) is 7.16. The highest BCUT2D eigenvalue weighted by atomic mass is 19.1. The molecule has 2 atom stereocenters. The highest BCUT2D eigenvalue weighted by Gasteiger charge is 2.29. The minimum absolute atomic E-state index is 0.0148. The van der Waals surface area contributed by atoms with E-state index in [2.05, 4.69) is 0 Å². The van der Waals surface area contributed by atoms with E-state index in [9.17, 15) is 19.4 Å². The number of rotatable bonds is 9. The van der Waals surface area contributed by atoms with Gasteiger partial charge < -0.3 is 14.9 Å². The summed E-state index contributed by atoms with van der Waals surface area (Å²) in [7, 11) is 0. The molecule has 0 unspecified atom stereocenters. The Labute approximate surface area is 192 Å². The number of ether oxygens (including phenoxy) is 1. The van der Waals surface area contributed by atoms with E-state index in [0.717, 1.165) is 46.1 Å². The van der Waals surface area contributed by atoms with Gasteiger partial charge in [0, 0.05) is 28.9 Å². The fourth-order valence-electron chi connectivity index (χ4n) is 4.07. The quantitative estimate of drug-likeness (QED) is 0.450. The number of aliphatic hydroxyl groups excluding tert-OH is 2. The summed E-state index contributed by atoms with van der Waals surface area (Å²) in [4.78, 5) is 16.5. The molecule has 0 aliphatic heterocycles. The fraction of sp³-hybridized carbons (Fsp3) is 0.333. The van der Waals surface area contributed by atoms with Crippen LogP contribution in [0.1, 0.15) is 49.8 Å². The first-order valence-corrected chi connectivity index (χ1v) is 11.3. The number of nitrogens with zero attached hydrogens (tertiary/aromatic N) is 1. The number of benzene rings is 2. The van der Waals surface area contributed by atoms with Crippen molar-refractivity contribution in [1.82, 2.24) is 4.98 Å². The number of carbonyl (C=O) groups is 1. The zero-order valence-electron chi connectivity index (χ0n) is 18.6. The molecule has 1 aliphatic carbocycles. The van der Waals surface area contributed by atoms with E-state index in [1.165, 1.54) is 12.1 Å². The maximum absolute atomic E-state index is 13.6. The summed E-state index contributed by atoms with van der Waals surface area (Å²) in [6.45, 7) is 1.95. The zero-order chi connectivity index (χ0) is 23.4. The highest BCUT2D eigenvalue weighted by Crippen LogP contribution is 2.45. The standard InChI is InChI=1S/C27H28FNO4/c1-2-33-25(32)16-21(31)15-20(30)13-14-23-26(17-9-11-19(28)12-10-17)22-5-3-4-6-24(22)29-27(23)18-7-8-18/h3-6,9-14,18,20-21,30-31H,2,7-8,15-16H2,1H3/t20-,21-/m1/s1. The average molecular weight is 450 g/mol. The van der Waals surface area contributed by atoms with Crippen LogP contribution >= 0.6 is 0 Å². The van der Waals surface area contributed by atoms with E-state index in [4.69, 9.17) is 9.72 Å². The Hall–Kier alpha value is -3.09. The monoisotopic (exact) mass is 449 g/mol. The molecule has 0 spiro atoms. The lowest BCUT2D eigenvalue weighted by atomic mass is 9.92. The Bertz CT molecular complexity index is 1150. The summed E-state index contributed by atoms with van der Waals surface area (Å²) in [5.41, 5.74) is 4.54. The summed E-state index contributed by atoms with van der Waals surface area (Å²) >= 11 is 0. The Morgan fingerprint density at radius 3 is 2.61 bits per heavy atom. The van der Waals surface area contributed by atoms with Gasteiger partial charge in [-0.15, -0.1) is 0 Å². The highest BCUT2D eigenvalue weighted by molar-refractivity contribution is 5.99. The van der Waals surface area contributed by atoms with Crippen LogP contribution in [0.25, 0.3) is 28.1 Å².